The van der Waals surface area contributed by atoms with Gasteiger partial charge < -0.3 is 15.6 Å². The molecular weight excluding hydrogens is 357 g/mol. The lowest BCUT2D eigenvalue weighted by atomic mass is 10.2. The van der Waals surface area contributed by atoms with Crippen molar-refractivity contribution in [3.05, 3.63) is 57.2 Å². The average molecular weight is 369 g/mol. The number of ether oxygens (including phenoxy) is 1. The SMILES string of the molecule is Nc1ccc(C(=O)O)c(OCc2ccc(I)cc2)c1. The summed E-state index contributed by atoms with van der Waals surface area (Å²) in [5.41, 5.74) is 7.20. The molecule has 0 aliphatic rings. The number of hydrogen-bond donors (Lipinski definition) is 2. The molecule has 4 nitrogen and oxygen atoms in total. The van der Waals surface area contributed by atoms with Crippen molar-refractivity contribution in [3.8, 4) is 5.75 Å². The fraction of sp³-hybridized carbons (Fsp3) is 0.0714. The van der Waals surface area contributed by atoms with E-state index in [0.717, 1.165) is 9.13 Å². The largest absolute Gasteiger partial charge is 0.488 e. The first-order chi connectivity index (χ1) is 9.06. The lowest BCUT2D eigenvalue weighted by molar-refractivity contribution is 0.0692. The fourth-order valence-electron chi connectivity index (χ4n) is 1.58. The molecule has 0 unspecified atom stereocenters. The molecule has 98 valence electrons. The van der Waals surface area contributed by atoms with E-state index in [0.29, 0.717) is 12.3 Å². The van der Waals surface area contributed by atoms with Gasteiger partial charge in [-0.15, -0.1) is 0 Å². The Morgan fingerprint density at radius 2 is 1.89 bits per heavy atom. The number of carbonyl (C=O) groups is 1. The molecule has 2 aromatic carbocycles. The second-order valence-corrected chi connectivity index (χ2v) is 5.22. The summed E-state index contributed by atoms with van der Waals surface area (Å²) in [5.74, 6) is -0.747. The second kappa shape index (κ2) is 5.92. The maximum absolute atomic E-state index is 11.1. The molecule has 0 fully saturated rings. The first kappa shape index (κ1) is 13.7. The van der Waals surface area contributed by atoms with E-state index in [-0.39, 0.29) is 11.3 Å². The molecule has 0 saturated heterocycles. The van der Waals surface area contributed by atoms with Gasteiger partial charge in [-0.25, -0.2) is 4.79 Å². The van der Waals surface area contributed by atoms with Crippen LogP contribution in [0.25, 0.3) is 0 Å². The predicted molar refractivity (Wildman–Crippen MR) is 81.3 cm³/mol. The van der Waals surface area contributed by atoms with Gasteiger partial charge in [-0.2, -0.15) is 0 Å². The van der Waals surface area contributed by atoms with Crippen LogP contribution in [0, 0.1) is 3.57 Å². The Labute approximate surface area is 124 Å². The number of halogens is 1. The number of hydrogen-bond acceptors (Lipinski definition) is 3. The molecule has 0 bridgehead atoms. The van der Waals surface area contributed by atoms with Crippen molar-refractivity contribution in [1.82, 2.24) is 0 Å². The summed E-state index contributed by atoms with van der Waals surface area (Å²) in [4.78, 5) is 11.1. The van der Waals surface area contributed by atoms with Crippen molar-refractivity contribution in [3.63, 3.8) is 0 Å². The highest BCUT2D eigenvalue weighted by atomic mass is 127. The second-order valence-electron chi connectivity index (χ2n) is 3.98. The van der Waals surface area contributed by atoms with Gasteiger partial charge in [-0.05, 0) is 52.4 Å². The molecule has 3 N–H and O–H groups in total. The Hall–Kier alpha value is -1.76. The number of aromatic carboxylic acids is 1. The summed E-state index contributed by atoms with van der Waals surface area (Å²) >= 11 is 2.22. The van der Waals surface area contributed by atoms with E-state index in [9.17, 15) is 4.79 Å². The first-order valence-corrected chi connectivity index (χ1v) is 6.64. The quantitative estimate of drug-likeness (QED) is 0.642. The summed E-state index contributed by atoms with van der Waals surface area (Å²) in [6.07, 6.45) is 0. The van der Waals surface area contributed by atoms with Crippen molar-refractivity contribution < 1.29 is 14.6 Å². The maximum atomic E-state index is 11.1. The highest BCUT2D eigenvalue weighted by molar-refractivity contribution is 14.1. The smallest absolute Gasteiger partial charge is 0.339 e. The van der Waals surface area contributed by atoms with E-state index < -0.39 is 5.97 Å². The van der Waals surface area contributed by atoms with Gasteiger partial charge in [-0.3, -0.25) is 0 Å². The number of rotatable bonds is 4. The number of benzene rings is 2. The molecular formula is C14H12INO3. The Morgan fingerprint density at radius 1 is 1.21 bits per heavy atom. The molecule has 5 heteroatoms. The first-order valence-electron chi connectivity index (χ1n) is 5.56. The Bertz CT molecular complexity index is 596. The van der Waals surface area contributed by atoms with Crippen LogP contribution in [0.1, 0.15) is 15.9 Å². The van der Waals surface area contributed by atoms with Crippen molar-refractivity contribution >= 4 is 34.2 Å². The predicted octanol–water partition coefficient (Wildman–Crippen LogP) is 3.15. The van der Waals surface area contributed by atoms with Crippen molar-refractivity contribution in [2.24, 2.45) is 0 Å². The summed E-state index contributed by atoms with van der Waals surface area (Å²) in [5, 5.41) is 9.07. The van der Waals surface area contributed by atoms with Gasteiger partial charge >= 0.3 is 5.97 Å². The molecule has 2 rings (SSSR count). The van der Waals surface area contributed by atoms with Gasteiger partial charge in [-0.1, -0.05) is 12.1 Å². The van der Waals surface area contributed by atoms with Crippen molar-refractivity contribution in [2.45, 2.75) is 6.61 Å². The minimum atomic E-state index is -1.03. The number of carboxylic acids is 1. The van der Waals surface area contributed by atoms with Crippen LogP contribution in [-0.2, 0) is 6.61 Å². The Balaban J connectivity index is 2.16. The van der Waals surface area contributed by atoms with Crippen LogP contribution in [0.5, 0.6) is 5.75 Å². The van der Waals surface area contributed by atoms with E-state index >= 15 is 0 Å². The fourth-order valence-corrected chi connectivity index (χ4v) is 1.94. The highest BCUT2D eigenvalue weighted by Gasteiger charge is 2.11. The van der Waals surface area contributed by atoms with Crippen LogP contribution in [0.2, 0.25) is 0 Å². The van der Waals surface area contributed by atoms with E-state index in [1.165, 1.54) is 12.1 Å². The molecule has 0 saturated carbocycles. The average Bonchev–Trinajstić information content (AvgIpc) is 2.38. The number of nitrogens with two attached hydrogens (primary N) is 1. The minimum Gasteiger partial charge on any atom is -0.488 e. The zero-order valence-corrected chi connectivity index (χ0v) is 12.1. The molecule has 0 aromatic heterocycles. The summed E-state index contributed by atoms with van der Waals surface area (Å²) < 4.78 is 6.68. The van der Waals surface area contributed by atoms with Crippen molar-refractivity contribution in [1.29, 1.82) is 0 Å². The zero-order valence-electron chi connectivity index (χ0n) is 9.97. The van der Waals surface area contributed by atoms with Crippen LogP contribution < -0.4 is 10.5 Å². The van der Waals surface area contributed by atoms with Gasteiger partial charge in [0.15, 0.2) is 0 Å². The van der Waals surface area contributed by atoms with Gasteiger partial charge in [0, 0.05) is 15.3 Å². The molecule has 0 spiro atoms. The van der Waals surface area contributed by atoms with Gasteiger partial charge in [0.25, 0.3) is 0 Å². The van der Waals surface area contributed by atoms with Crippen LogP contribution in [0.4, 0.5) is 5.69 Å². The van der Waals surface area contributed by atoms with Crippen LogP contribution in [-0.4, -0.2) is 11.1 Å². The van der Waals surface area contributed by atoms with E-state index in [1.807, 2.05) is 24.3 Å². The van der Waals surface area contributed by atoms with Crippen molar-refractivity contribution in [2.75, 3.05) is 5.73 Å². The standard InChI is InChI=1S/C14H12INO3/c15-10-3-1-9(2-4-10)8-19-13-7-11(16)5-6-12(13)14(17)18/h1-7H,8,16H2,(H,17,18). The van der Waals surface area contributed by atoms with Gasteiger partial charge in [0.05, 0.1) is 0 Å². The molecule has 0 heterocycles. The normalized spacial score (nSPS) is 10.2. The number of carboxylic acid groups (broad SMARTS) is 1. The third-order valence-electron chi connectivity index (χ3n) is 2.54. The van der Waals surface area contributed by atoms with Crippen LogP contribution in [0.15, 0.2) is 42.5 Å². The summed E-state index contributed by atoms with van der Waals surface area (Å²) in [7, 11) is 0. The van der Waals surface area contributed by atoms with E-state index in [2.05, 4.69) is 22.6 Å². The summed E-state index contributed by atoms with van der Waals surface area (Å²) in [6.45, 7) is 0.306. The molecule has 0 atom stereocenters. The molecule has 0 aliphatic heterocycles. The molecule has 2 aromatic rings. The van der Waals surface area contributed by atoms with Crippen LogP contribution in [0.3, 0.4) is 0 Å². The Kier molecular flexibility index (Phi) is 4.26. The topological polar surface area (TPSA) is 72.6 Å². The van der Waals surface area contributed by atoms with E-state index in [4.69, 9.17) is 15.6 Å². The summed E-state index contributed by atoms with van der Waals surface area (Å²) in [6, 6.07) is 12.3. The molecule has 19 heavy (non-hydrogen) atoms. The lowest BCUT2D eigenvalue weighted by Crippen LogP contribution is -2.04. The lowest BCUT2D eigenvalue weighted by Gasteiger charge is -2.10. The number of nitrogen functional groups attached to an aromatic ring is 1. The third-order valence-corrected chi connectivity index (χ3v) is 3.26. The molecule has 0 aliphatic carbocycles. The number of anilines is 1. The maximum Gasteiger partial charge on any atom is 0.339 e. The third kappa shape index (κ3) is 3.60. The van der Waals surface area contributed by atoms with Crippen LogP contribution >= 0.6 is 22.6 Å². The van der Waals surface area contributed by atoms with Gasteiger partial charge in [0.2, 0.25) is 0 Å². The molecule has 0 radical (unpaired) electrons. The zero-order chi connectivity index (χ0) is 13.8. The Morgan fingerprint density at radius 3 is 2.53 bits per heavy atom. The monoisotopic (exact) mass is 369 g/mol. The van der Waals surface area contributed by atoms with E-state index in [1.54, 1.807) is 6.07 Å². The van der Waals surface area contributed by atoms with Gasteiger partial charge in [0.1, 0.15) is 17.9 Å². The minimum absolute atomic E-state index is 0.111. The highest BCUT2D eigenvalue weighted by Crippen LogP contribution is 2.23. The molecule has 0 amide bonds.